The summed E-state index contributed by atoms with van der Waals surface area (Å²) in [7, 11) is -2.00. The molecule has 1 atom stereocenters. The van der Waals surface area contributed by atoms with Crippen LogP contribution in [-0.2, 0) is 16.8 Å². The molecular weight excluding hydrogens is 293 g/mol. The number of hydrogen-bond donors (Lipinski definition) is 1. The zero-order valence-electron chi connectivity index (χ0n) is 12.2. The van der Waals surface area contributed by atoms with Gasteiger partial charge in [-0.05, 0) is 30.5 Å². The van der Waals surface area contributed by atoms with Crippen molar-refractivity contribution in [3.05, 3.63) is 35.6 Å². The van der Waals surface area contributed by atoms with E-state index in [9.17, 15) is 12.8 Å². The van der Waals surface area contributed by atoms with Gasteiger partial charge in [-0.1, -0.05) is 18.6 Å². The highest BCUT2D eigenvalue weighted by Crippen LogP contribution is 2.22. The van der Waals surface area contributed by atoms with E-state index in [0.29, 0.717) is 13.1 Å². The number of benzene rings is 1. The smallest absolute Gasteiger partial charge is 0.282 e. The van der Waals surface area contributed by atoms with Crippen LogP contribution >= 0.6 is 0 Å². The molecule has 1 saturated heterocycles. The van der Waals surface area contributed by atoms with Crippen LogP contribution in [0.5, 0.6) is 0 Å². The Morgan fingerprint density at radius 1 is 1.33 bits per heavy atom. The van der Waals surface area contributed by atoms with Crippen LogP contribution < -0.4 is 5.73 Å². The fraction of sp³-hybridized carbons (Fsp3) is 0.571. The van der Waals surface area contributed by atoms with Gasteiger partial charge in [-0.2, -0.15) is 17.0 Å². The summed E-state index contributed by atoms with van der Waals surface area (Å²) in [6, 6.07) is 5.73. The maximum absolute atomic E-state index is 12.9. The first-order valence-corrected chi connectivity index (χ1v) is 8.52. The van der Waals surface area contributed by atoms with Crippen molar-refractivity contribution in [3.63, 3.8) is 0 Å². The van der Waals surface area contributed by atoms with Gasteiger partial charge >= 0.3 is 0 Å². The molecule has 1 heterocycles. The molecule has 0 radical (unpaired) electrons. The van der Waals surface area contributed by atoms with Crippen LogP contribution in [0.1, 0.15) is 24.8 Å². The molecular formula is C14H22FN3O2S. The van der Waals surface area contributed by atoms with Crippen molar-refractivity contribution in [2.24, 2.45) is 5.73 Å². The zero-order chi connectivity index (χ0) is 15.5. The monoisotopic (exact) mass is 315 g/mol. The molecule has 0 saturated carbocycles. The van der Waals surface area contributed by atoms with Gasteiger partial charge in [-0.15, -0.1) is 0 Å². The second-order valence-corrected chi connectivity index (χ2v) is 7.37. The molecule has 0 spiro atoms. The lowest BCUT2D eigenvalue weighted by molar-refractivity contribution is 0.240. The molecule has 1 unspecified atom stereocenters. The molecule has 2 rings (SSSR count). The first-order valence-electron chi connectivity index (χ1n) is 7.12. The highest BCUT2D eigenvalue weighted by Gasteiger charge is 2.34. The third kappa shape index (κ3) is 3.79. The fourth-order valence-corrected chi connectivity index (χ4v) is 4.22. The summed E-state index contributed by atoms with van der Waals surface area (Å²) >= 11 is 0. The van der Waals surface area contributed by atoms with Crippen LogP contribution in [0.4, 0.5) is 4.39 Å². The first kappa shape index (κ1) is 16.4. The van der Waals surface area contributed by atoms with Crippen molar-refractivity contribution >= 4 is 10.2 Å². The molecule has 2 N–H and O–H groups in total. The number of nitrogens with two attached hydrogens (primary N) is 1. The predicted molar refractivity (Wildman–Crippen MR) is 80.2 cm³/mol. The normalized spacial score (nSPS) is 20.9. The van der Waals surface area contributed by atoms with Gasteiger partial charge < -0.3 is 5.73 Å². The molecule has 21 heavy (non-hydrogen) atoms. The predicted octanol–water partition coefficient (Wildman–Crippen LogP) is 1.32. The Kier molecular flexibility index (Phi) is 5.32. The van der Waals surface area contributed by atoms with Crippen LogP contribution in [-0.4, -0.2) is 43.2 Å². The Morgan fingerprint density at radius 2 is 2.00 bits per heavy atom. The van der Waals surface area contributed by atoms with Gasteiger partial charge in [0.1, 0.15) is 5.82 Å². The molecule has 1 aliphatic heterocycles. The van der Waals surface area contributed by atoms with Crippen molar-refractivity contribution < 1.29 is 12.8 Å². The number of halogens is 1. The van der Waals surface area contributed by atoms with Gasteiger partial charge in [0.2, 0.25) is 0 Å². The molecule has 0 aliphatic carbocycles. The molecule has 0 bridgehead atoms. The van der Waals surface area contributed by atoms with Crippen LogP contribution in [0.15, 0.2) is 24.3 Å². The van der Waals surface area contributed by atoms with Gasteiger partial charge in [-0.3, -0.25) is 0 Å². The number of hydrogen-bond acceptors (Lipinski definition) is 3. The summed E-state index contributed by atoms with van der Waals surface area (Å²) in [5.74, 6) is -0.330. The summed E-state index contributed by atoms with van der Waals surface area (Å²) in [6.07, 6.45) is 2.68. The molecule has 1 aliphatic rings. The third-order valence-electron chi connectivity index (χ3n) is 3.85. The summed E-state index contributed by atoms with van der Waals surface area (Å²) in [6.45, 7) is 1.07. The van der Waals surface area contributed by atoms with E-state index < -0.39 is 10.2 Å². The Bertz CT molecular complexity index is 562. The fourth-order valence-electron chi connectivity index (χ4n) is 2.62. The van der Waals surface area contributed by atoms with E-state index in [1.54, 1.807) is 19.2 Å². The van der Waals surface area contributed by atoms with Gasteiger partial charge in [0.05, 0.1) is 0 Å². The molecule has 5 nitrogen and oxygen atoms in total. The molecule has 0 aromatic heterocycles. The van der Waals surface area contributed by atoms with E-state index in [1.165, 1.54) is 20.7 Å². The summed E-state index contributed by atoms with van der Waals surface area (Å²) in [4.78, 5) is 0. The molecule has 1 aromatic rings. The van der Waals surface area contributed by atoms with Crippen molar-refractivity contribution in [2.45, 2.75) is 31.8 Å². The van der Waals surface area contributed by atoms with Crippen LogP contribution in [0.25, 0.3) is 0 Å². The van der Waals surface area contributed by atoms with E-state index in [1.807, 2.05) is 0 Å². The average Bonchev–Trinajstić information content (AvgIpc) is 2.49. The average molecular weight is 315 g/mol. The van der Waals surface area contributed by atoms with Gasteiger partial charge in [0.25, 0.3) is 10.2 Å². The lowest BCUT2D eigenvalue weighted by Gasteiger charge is -2.36. The second-order valence-electron chi connectivity index (χ2n) is 5.39. The van der Waals surface area contributed by atoms with E-state index in [-0.39, 0.29) is 18.4 Å². The van der Waals surface area contributed by atoms with E-state index in [2.05, 4.69) is 0 Å². The third-order valence-corrected chi connectivity index (χ3v) is 5.84. The van der Waals surface area contributed by atoms with Crippen LogP contribution in [0, 0.1) is 5.82 Å². The van der Waals surface area contributed by atoms with Crippen molar-refractivity contribution in [1.29, 1.82) is 0 Å². The summed E-state index contributed by atoms with van der Waals surface area (Å²) < 4.78 is 41.0. The number of piperidine rings is 1. The first-order chi connectivity index (χ1) is 9.95. The Morgan fingerprint density at radius 3 is 2.62 bits per heavy atom. The molecule has 0 amide bonds. The number of rotatable bonds is 5. The quantitative estimate of drug-likeness (QED) is 0.891. The van der Waals surface area contributed by atoms with E-state index >= 15 is 0 Å². The Labute approximate surface area is 125 Å². The standard InChI is InChI=1S/C14H22FN3O2S/c1-17(11-12-5-7-13(15)8-6-12)21(19,20)18-9-3-2-4-14(18)10-16/h5-8,14H,2-4,9-11,16H2,1H3. The summed E-state index contributed by atoms with van der Waals surface area (Å²) in [5, 5.41) is 0. The minimum Gasteiger partial charge on any atom is -0.329 e. The lowest BCUT2D eigenvalue weighted by atomic mass is 10.1. The van der Waals surface area contributed by atoms with E-state index in [0.717, 1.165) is 24.8 Å². The van der Waals surface area contributed by atoms with Crippen LogP contribution in [0.3, 0.4) is 0 Å². The molecule has 118 valence electrons. The molecule has 1 fully saturated rings. The minimum atomic E-state index is -3.54. The zero-order valence-corrected chi connectivity index (χ0v) is 13.0. The Hall–Kier alpha value is -1.02. The number of nitrogens with zero attached hydrogens (tertiary/aromatic N) is 2. The Balaban J connectivity index is 2.12. The van der Waals surface area contributed by atoms with Gasteiger partial charge in [0.15, 0.2) is 0 Å². The van der Waals surface area contributed by atoms with Gasteiger partial charge in [0, 0.05) is 32.7 Å². The van der Waals surface area contributed by atoms with E-state index in [4.69, 9.17) is 5.73 Å². The topological polar surface area (TPSA) is 66.6 Å². The lowest BCUT2D eigenvalue weighted by Crippen LogP contribution is -2.51. The molecule has 1 aromatic carbocycles. The highest BCUT2D eigenvalue weighted by atomic mass is 32.2. The SMILES string of the molecule is CN(Cc1ccc(F)cc1)S(=O)(=O)N1CCCCC1CN. The summed E-state index contributed by atoms with van der Waals surface area (Å²) in [5.41, 5.74) is 6.45. The van der Waals surface area contributed by atoms with Crippen molar-refractivity contribution in [1.82, 2.24) is 8.61 Å². The van der Waals surface area contributed by atoms with Gasteiger partial charge in [-0.25, -0.2) is 4.39 Å². The van der Waals surface area contributed by atoms with Crippen molar-refractivity contribution in [2.75, 3.05) is 20.1 Å². The van der Waals surface area contributed by atoms with Crippen LogP contribution in [0.2, 0.25) is 0 Å². The van der Waals surface area contributed by atoms with Crippen molar-refractivity contribution in [3.8, 4) is 0 Å². The largest absolute Gasteiger partial charge is 0.329 e. The second kappa shape index (κ2) is 6.83. The maximum Gasteiger partial charge on any atom is 0.282 e. The maximum atomic E-state index is 12.9. The highest BCUT2D eigenvalue weighted by molar-refractivity contribution is 7.86. The molecule has 7 heteroatoms. The minimum absolute atomic E-state index is 0.126.